The van der Waals surface area contributed by atoms with Crippen LogP contribution in [0.4, 0.5) is 24.7 Å². The van der Waals surface area contributed by atoms with Gasteiger partial charge in [-0.1, -0.05) is 6.07 Å². The molecular formula is C28H27F3N6O3S. The third-order valence-corrected chi connectivity index (χ3v) is 8.23. The van der Waals surface area contributed by atoms with E-state index in [-0.39, 0.29) is 23.2 Å². The van der Waals surface area contributed by atoms with Crippen molar-refractivity contribution < 1.29 is 26.4 Å². The SMILES string of the molecule is CC(=O)Nc1cc(-c2cn(C3CCN(C)CC3)nc2-c2cccc(NS(=O)(=O)c3cc(F)ccc3F)c2F)ccn1. The summed E-state index contributed by atoms with van der Waals surface area (Å²) in [5.41, 5.74) is 0.904. The molecule has 1 fully saturated rings. The van der Waals surface area contributed by atoms with Crippen LogP contribution in [0.2, 0.25) is 0 Å². The van der Waals surface area contributed by atoms with Crippen molar-refractivity contribution in [3.8, 4) is 22.4 Å². The average Bonchev–Trinajstić information content (AvgIpc) is 3.36. The number of rotatable bonds is 7. The highest BCUT2D eigenvalue weighted by atomic mass is 32.2. The van der Waals surface area contributed by atoms with Gasteiger partial charge in [0.05, 0.1) is 11.7 Å². The number of sulfonamides is 1. The van der Waals surface area contributed by atoms with Crippen molar-refractivity contribution in [3.63, 3.8) is 0 Å². The summed E-state index contributed by atoms with van der Waals surface area (Å²) >= 11 is 0. The van der Waals surface area contributed by atoms with E-state index in [4.69, 9.17) is 5.10 Å². The Kier molecular flexibility index (Phi) is 7.82. The van der Waals surface area contributed by atoms with E-state index in [1.54, 1.807) is 23.0 Å². The fourth-order valence-corrected chi connectivity index (χ4v) is 5.92. The highest BCUT2D eigenvalue weighted by Crippen LogP contribution is 2.37. The number of halogens is 3. The number of nitrogens with one attached hydrogen (secondary N) is 2. The summed E-state index contributed by atoms with van der Waals surface area (Å²) in [6.45, 7) is 3.08. The van der Waals surface area contributed by atoms with Gasteiger partial charge < -0.3 is 10.2 Å². The standard InChI is InChI=1S/C28H27F3N6O3S/c1-17(38)33-26-14-18(8-11-32-26)22-16-37(20-9-12-36(2)13-10-20)34-28(22)21-4-3-5-24(27(21)31)35-41(39,40)25-15-19(29)6-7-23(25)30/h3-8,11,14-16,20,35H,9-10,12-13H2,1-2H3,(H,32,33,38). The number of carbonyl (C=O) groups excluding carboxylic acids is 1. The minimum absolute atomic E-state index is 0.00974. The zero-order chi connectivity index (χ0) is 29.3. The van der Waals surface area contributed by atoms with E-state index in [2.05, 4.69) is 15.2 Å². The van der Waals surface area contributed by atoms with Crippen LogP contribution >= 0.6 is 0 Å². The molecule has 214 valence electrons. The third kappa shape index (κ3) is 6.10. The molecule has 0 bridgehead atoms. The molecule has 2 aromatic heterocycles. The lowest BCUT2D eigenvalue weighted by Crippen LogP contribution is -2.31. The number of hydrogen-bond acceptors (Lipinski definition) is 6. The first kappa shape index (κ1) is 28.3. The molecule has 0 spiro atoms. The van der Waals surface area contributed by atoms with E-state index in [1.165, 1.54) is 31.3 Å². The Balaban J connectivity index is 1.59. The maximum absolute atomic E-state index is 16.0. The summed E-state index contributed by atoms with van der Waals surface area (Å²) in [5, 5.41) is 7.37. The van der Waals surface area contributed by atoms with Crippen molar-refractivity contribution in [2.75, 3.05) is 30.2 Å². The highest BCUT2D eigenvalue weighted by Gasteiger charge is 2.26. The molecule has 3 heterocycles. The minimum Gasteiger partial charge on any atom is -0.311 e. The second-order valence-corrected chi connectivity index (χ2v) is 11.5. The molecule has 4 aromatic rings. The smallest absolute Gasteiger partial charge is 0.265 e. The van der Waals surface area contributed by atoms with Crippen LogP contribution in [-0.2, 0) is 14.8 Å². The van der Waals surface area contributed by atoms with Crippen LogP contribution in [0.5, 0.6) is 0 Å². The molecule has 9 nitrogen and oxygen atoms in total. The van der Waals surface area contributed by atoms with Crippen LogP contribution in [-0.4, -0.2) is 54.1 Å². The van der Waals surface area contributed by atoms with Gasteiger partial charge in [-0.05, 0) is 81.0 Å². The quantitative estimate of drug-likeness (QED) is 0.315. The van der Waals surface area contributed by atoms with E-state index in [1.807, 2.05) is 11.8 Å². The number of nitrogens with zero attached hydrogens (tertiary/aromatic N) is 4. The lowest BCUT2D eigenvalue weighted by Gasteiger charge is -2.29. The molecule has 1 saturated heterocycles. The number of amides is 1. The maximum Gasteiger partial charge on any atom is 0.265 e. The van der Waals surface area contributed by atoms with E-state index < -0.39 is 38.1 Å². The Morgan fingerprint density at radius 3 is 2.51 bits per heavy atom. The van der Waals surface area contributed by atoms with Crippen LogP contribution in [0.1, 0.15) is 25.8 Å². The second-order valence-electron chi connectivity index (χ2n) is 9.86. The molecule has 2 N–H and O–H groups in total. The van der Waals surface area contributed by atoms with Crippen molar-refractivity contribution in [1.82, 2.24) is 19.7 Å². The monoisotopic (exact) mass is 584 g/mol. The molecule has 0 saturated carbocycles. The molecule has 1 aliphatic rings. The predicted octanol–water partition coefficient (Wildman–Crippen LogP) is 5.06. The lowest BCUT2D eigenvalue weighted by atomic mass is 10.0. The van der Waals surface area contributed by atoms with Gasteiger partial charge in [-0.3, -0.25) is 14.2 Å². The van der Waals surface area contributed by atoms with E-state index in [9.17, 15) is 22.0 Å². The Bertz CT molecular complexity index is 1720. The van der Waals surface area contributed by atoms with E-state index >= 15 is 4.39 Å². The third-order valence-electron chi connectivity index (χ3n) is 6.85. The number of aromatic nitrogens is 3. The van der Waals surface area contributed by atoms with Gasteiger partial charge in [0.25, 0.3) is 10.0 Å². The summed E-state index contributed by atoms with van der Waals surface area (Å²) in [5.74, 6) is -3.09. The number of anilines is 2. The molecule has 1 aliphatic heterocycles. The van der Waals surface area contributed by atoms with Crippen LogP contribution in [0.25, 0.3) is 22.4 Å². The number of benzene rings is 2. The number of piperidine rings is 1. The fourth-order valence-electron chi connectivity index (χ4n) is 4.77. The van der Waals surface area contributed by atoms with Crippen molar-refractivity contribution >= 4 is 27.4 Å². The largest absolute Gasteiger partial charge is 0.311 e. The van der Waals surface area contributed by atoms with Gasteiger partial charge in [0, 0.05) is 30.4 Å². The Hall–Kier alpha value is -4.23. The van der Waals surface area contributed by atoms with Crippen LogP contribution in [0, 0.1) is 17.5 Å². The maximum atomic E-state index is 16.0. The lowest BCUT2D eigenvalue weighted by molar-refractivity contribution is -0.114. The molecule has 0 unspecified atom stereocenters. The summed E-state index contributed by atoms with van der Waals surface area (Å²) < 4.78 is 73.5. The predicted molar refractivity (Wildman–Crippen MR) is 148 cm³/mol. The summed E-state index contributed by atoms with van der Waals surface area (Å²) in [6.07, 6.45) is 4.96. The zero-order valence-electron chi connectivity index (χ0n) is 22.2. The first-order chi connectivity index (χ1) is 19.5. The van der Waals surface area contributed by atoms with Gasteiger partial charge in [-0.25, -0.2) is 26.6 Å². The van der Waals surface area contributed by atoms with Gasteiger partial charge in [0.15, 0.2) is 5.82 Å². The molecule has 13 heteroatoms. The normalized spacial score (nSPS) is 14.7. The second kappa shape index (κ2) is 11.3. The highest BCUT2D eigenvalue weighted by molar-refractivity contribution is 7.92. The summed E-state index contributed by atoms with van der Waals surface area (Å²) in [6, 6.07) is 9.45. The Morgan fingerprint density at radius 2 is 1.78 bits per heavy atom. The van der Waals surface area contributed by atoms with Gasteiger partial charge in [0.1, 0.15) is 28.0 Å². The topological polar surface area (TPSA) is 109 Å². The molecule has 0 aliphatic carbocycles. The summed E-state index contributed by atoms with van der Waals surface area (Å²) in [7, 11) is -2.63. The number of pyridine rings is 1. The van der Waals surface area contributed by atoms with Crippen molar-refractivity contribution in [1.29, 1.82) is 0 Å². The summed E-state index contributed by atoms with van der Waals surface area (Å²) in [4.78, 5) is 17.0. The molecular weight excluding hydrogens is 557 g/mol. The molecule has 0 radical (unpaired) electrons. The number of hydrogen-bond donors (Lipinski definition) is 2. The Morgan fingerprint density at radius 1 is 1.02 bits per heavy atom. The first-order valence-corrected chi connectivity index (χ1v) is 14.3. The van der Waals surface area contributed by atoms with Crippen molar-refractivity contribution in [3.05, 3.63) is 78.4 Å². The van der Waals surface area contributed by atoms with Crippen molar-refractivity contribution in [2.24, 2.45) is 0 Å². The molecule has 0 atom stereocenters. The zero-order valence-corrected chi connectivity index (χ0v) is 23.1. The molecule has 41 heavy (non-hydrogen) atoms. The van der Waals surface area contributed by atoms with Crippen LogP contribution in [0.3, 0.4) is 0 Å². The Labute approximate surface area is 235 Å². The van der Waals surface area contributed by atoms with Gasteiger partial charge >= 0.3 is 0 Å². The number of likely N-dealkylation sites (tertiary alicyclic amines) is 1. The van der Waals surface area contributed by atoms with Gasteiger partial charge in [-0.15, -0.1) is 0 Å². The molecule has 1 amide bonds. The van der Waals surface area contributed by atoms with Crippen molar-refractivity contribution in [2.45, 2.75) is 30.7 Å². The number of carbonyl (C=O) groups is 1. The minimum atomic E-state index is -4.67. The average molecular weight is 585 g/mol. The van der Waals surface area contributed by atoms with E-state index in [0.717, 1.165) is 32.0 Å². The van der Waals surface area contributed by atoms with Gasteiger partial charge in [-0.2, -0.15) is 5.10 Å². The van der Waals surface area contributed by atoms with Gasteiger partial charge in [0.2, 0.25) is 5.91 Å². The molecule has 5 rings (SSSR count). The van der Waals surface area contributed by atoms with E-state index in [0.29, 0.717) is 29.1 Å². The van der Waals surface area contributed by atoms with Crippen LogP contribution < -0.4 is 10.0 Å². The molecule has 2 aromatic carbocycles. The fraction of sp³-hybridized carbons (Fsp3) is 0.250. The van der Waals surface area contributed by atoms with Crippen LogP contribution in [0.15, 0.2) is 65.8 Å². The first-order valence-electron chi connectivity index (χ1n) is 12.8.